The number of hydrogen-bond acceptors (Lipinski definition) is 4. The Kier molecular flexibility index (Phi) is 5.23. The summed E-state index contributed by atoms with van der Waals surface area (Å²) in [6.07, 6.45) is 1.78. The van der Waals surface area contributed by atoms with E-state index < -0.39 is 20.2 Å². The topological polar surface area (TPSA) is 78.0 Å². The molecule has 0 aromatic heterocycles. The van der Waals surface area contributed by atoms with E-state index in [1.807, 2.05) is 13.8 Å². The van der Waals surface area contributed by atoms with Gasteiger partial charge in [-0.3, -0.25) is 0 Å². The van der Waals surface area contributed by atoms with Crippen LogP contribution in [0.3, 0.4) is 0 Å². The molecule has 2 fully saturated rings. The van der Waals surface area contributed by atoms with Gasteiger partial charge in [0.2, 0.25) is 10.0 Å². The summed E-state index contributed by atoms with van der Waals surface area (Å²) in [4.78, 5) is 0.270. The van der Waals surface area contributed by atoms with Crippen molar-refractivity contribution in [3.8, 4) is 0 Å². The first-order valence-corrected chi connectivity index (χ1v) is 11.4. The monoisotopic (exact) mass is 387 g/mol. The number of nitrogens with zero attached hydrogens (tertiary/aromatic N) is 3. The molecule has 0 amide bonds. The molecule has 0 unspecified atom stereocenters. The van der Waals surface area contributed by atoms with Gasteiger partial charge >= 0.3 is 0 Å². The maximum absolute atomic E-state index is 12.8. The highest BCUT2D eigenvalue weighted by molar-refractivity contribution is 7.89. The lowest BCUT2D eigenvalue weighted by Gasteiger charge is -2.35. The lowest BCUT2D eigenvalue weighted by molar-refractivity contribution is 0.259. The van der Waals surface area contributed by atoms with Gasteiger partial charge in [-0.15, -0.1) is 0 Å². The number of rotatable bonds is 4. The van der Waals surface area contributed by atoms with Crippen LogP contribution in [0, 0.1) is 13.8 Å². The zero-order valence-electron chi connectivity index (χ0n) is 14.7. The van der Waals surface area contributed by atoms with Crippen molar-refractivity contribution in [3.63, 3.8) is 0 Å². The molecule has 2 aliphatic heterocycles. The highest BCUT2D eigenvalue weighted by Crippen LogP contribution is 2.23. The smallest absolute Gasteiger partial charge is 0.207 e. The normalized spacial score (nSPS) is 21.7. The number of sulfonamides is 1. The Morgan fingerprint density at radius 1 is 0.720 bits per heavy atom. The highest BCUT2D eigenvalue weighted by Gasteiger charge is 2.36. The van der Waals surface area contributed by atoms with E-state index in [0.717, 1.165) is 24.0 Å². The van der Waals surface area contributed by atoms with Crippen molar-refractivity contribution in [2.75, 3.05) is 39.3 Å². The lowest BCUT2D eigenvalue weighted by Crippen LogP contribution is -2.53. The van der Waals surface area contributed by atoms with Crippen LogP contribution in [0.4, 0.5) is 0 Å². The first-order valence-electron chi connectivity index (χ1n) is 8.55. The van der Waals surface area contributed by atoms with Crippen molar-refractivity contribution in [2.24, 2.45) is 0 Å². The summed E-state index contributed by atoms with van der Waals surface area (Å²) in [6, 6.07) is 5.10. The van der Waals surface area contributed by atoms with E-state index >= 15 is 0 Å². The fourth-order valence-corrected chi connectivity index (χ4v) is 6.43. The summed E-state index contributed by atoms with van der Waals surface area (Å²) in [6.45, 7) is 5.70. The van der Waals surface area contributed by atoms with Gasteiger partial charge in [-0.2, -0.15) is 21.3 Å². The summed E-state index contributed by atoms with van der Waals surface area (Å²) < 4.78 is 55.1. The standard InChI is InChI=1S/C16H25N3O4S2/c1-14-5-6-16(13-15(14)2)24(20,21)17-9-11-19(12-10-17)25(22,23)18-7-3-4-8-18/h5-6,13H,3-4,7-12H2,1-2H3. The van der Waals surface area contributed by atoms with Gasteiger partial charge < -0.3 is 0 Å². The number of hydrogen-bond donors (Lipinski definition) is 0. The lowest BCUT2D eigenvalue weighted by atomic mass is 10.1. The molecule has 2 aliphatic rings. The van der Waals surface area contributed by atoms with Crippen molar-refractivity contribution in [3.05, 3.63) is 29.3 Å². The van der Waals surface area contributed by atoms with Crippen LogP contribution in [-0.2, 0) is 20.2 Å². The van der Waals surface area contributed by atoms with Crippen molar-refractivity contribution < 1.29 is 16.8 Å². The molecule has 0 spiro atoms. The Morgan fingerprint density at radius 2 is 1.24 bits per heavy atom. The highest BCUT2D eigenvalue weighted by atomic mass is 32.2. The van der Waals surface area contributed by atoms with Gasteiger partial charge in [0.15, 0.2) is 0 Å². The minimum absolute atomic E-state index is 0.183. The van der Waals surface area contributed by atoms with Crippen LogP contribution in [0.5, 0.6) is 0 Å². The summed E-state index contributed by atoms with van der Waals surface area (Å²) in [5.74, 6) is 0. The number of aryl methyl sites for hydroxylation is 2. The maximum Gasteiger partial charge on any atom is 0.282 e. The van der Waals surface area contributed by atoms with Gasteiger partial charge in [0.25, 0.3) is 10.2 Å². The molecule has 0 radical (unpaired) electrons. The molecule has 9 heteroatoms. The maximum atomic E-state index is 12.8. The quantitative estimate of drug-likeness (QED) is 0.771. The molecule has 2 saturated heterocycles. The third-order valence-electron chi connectivity index (χ3n) is 5.03. The Balaban J connectivity index is 1.72. The minimum atomic E-state index is -3.59. The average Bonchev–Trinajstić information content (AvgIpc) is 3.13. The van der Waals surface area contributed by atoms with Gasteiger partial charge in [-0.1, -0.05) is 6.07 Å². The van der Waals surface area contributed by atoms with E-state index in [9.17, 15) is 16.8 Å². The Bertz CT molecular complexity index is 838. The molecule has 1 aromatic rings. The molecule has 2 heterocycles. The van der Waals surface area contributed by atoms with Crippen LogP contribution in [0.15, 0.2) is 23.1 Å². The van der Waals surface area contributed by atoms with E-state index in [1.165, 1.54) is 12.9 Å². The predicted octanol–water partition coefficient (Wildman–Crippen LogP) is 0.950. The minimum Gasteiger partial charge on any atom is -0.207 e. The first kappa shape index (κ1) is 18.8. The van der Waals surface area contributed by atoms with Crippen LogP contribution in [0.25, 0.3) is 0 Å². The average molecular weight is 388 g/mol. The summed E-state index contributed by atoms with van der Waals surface area (Å²) in [5.41, 5.74) is 1.97. The van der Waals surface area contributed by atoms with Crippen molar-refractivity contribution >= 4 is 20.2 Å². The van der Waals surface area contributed by atoms with Gasteiger partial charge in [0.1, 0.15) is 0 Å². The van der Waals surface area contributed by atoms with E-state index in [0.29, 0.717) is 13.1 Å². The van der Waals surface area contributed by atoms with Crippen LogP contribution in [0.2, 0.25) is 0 Å². The molecule has 140 valence electrons. The van der Waals surface area contributed by atoms with E-state index in [2.05, 4.69) is 0 Å². The number of piperazine rings is 1. The molecular formula is C16H25N3O4S2. The van der Waals surface area contributed by atoms with Crippen LogP contribution in [-0.4, -0.2) is 69.0 Å². The van der Waals surface area contributed by atoms with E-state index in [-0.39, 0.29) is 31.1 Å². The molecule has 3 rings (SSSR count). The second-order valence-electron chi connectivity index (χ2n) is 6.66. The zero-order chi connectivity index (χ0) is 18.2. The van der Waals surface area contributed by atoms with Crippen LogP contribution in [0.1, 0.15) is 24.0 Å². The zero-order valence-corrected chi connectivity index (χ0v) is 16.3. The van der Waals surface area contributed by atoms with Gasteiger partial charge in [-0.25, -0.2) is 8.42 Å². The van der Waals surface area contributed by atoms with Crippen molar-refractivity contribution in [2.45, 2.75) is 31.6 Å². The fourth-order valence-electron chi connectivity index (χ4n) is 3.25. The van der Waals surface area contributed by atoms with Gasteiger partial charge in [0, 0.05) is 39.3 Å². The molecule has 0 aliphatic carbocycles. The predicted molar refractivity (Wildman–Crippen MR) is 96.0 cm³/mol. The van der Waals surface area contributed by atoms with E-state index in [1.54, 1.807) is 18.2 Å². The largest absolute Gasteiger partial charge is 0.282 e. The van der Waals surface area contributed by atoms with E-state index in [4.69, 9.17) is 0 Å². The Morgan fingerprint density at radius 3 is 1.80 bits per heavy atom. The third kappa shape index (κ3) is 3.61. The third-order valence-corrected chi connectivity index (χ3v) is 8.96. The van der Waals surface area contributed by atoms with Gasteiger partial charge in [0.05, 0.1) is 4.90 Å². The molecule has 25 heavy (non-hydrogen) atoms. The van der Waals surface area contributed by atoms with Crippen LogP contribution >= 0.6 is 0 Å². The fraction of sp³-hybridized carbons (Fsp3) is 0.625. The second kappa shape index (κ2) is 6.96. The summed E-state index contributed by atoms with van der Waals surface area (Å²) in [5, 5.41) is 0. The Hall–Kier alpha value is -1.00. The molecule has 0 N–H and O–H groups in total. The molecule has 0 saturated carbocycles. The molecule has 0 atom stereocenters. The van der Waals surface area contributed by atoms with Gasteiger partial charge in [-0.05, 0) is 49.9 Å². The second-order valence-corrected chi connectivity index (χ2v) is 10.5. The van der Waals surface area contributed by atoms with Crippen molar-refractivity contribution in [1.29, 1.82) is 0 Å². The first-order chi connectivity index (χ1) is 11.7. The Labute approximate surface area is 150 Å². The molecular weight excluding hydrogens is 362 g/mol. The summed E-state index contributed by atoms with van der Waals surface area (Å²) >= 11 is 0. The number of benzene rings is 1. The summed E-state index contributed by atoms with van der Waals surface area (Å²) in [7, 11) is -7.05. The molecule has 1 aromatic carbocycles. The molecule has 7 nitrogen and oxygen atoms in total. The van der Waals surface area contributed by atoms with Crippen molar-refractivity contribution in [1.82, 2.24) is 12.9 Å². The van der Waals surface area contributed by atoms with Crippen LogP contribution < -0.4 is 0 Å². The SMILES string of the molecule is Cc1ccc(S(=O)(=O)N2CCN(S(=O)(=O)N3CCCC3)CC2)cc1C. The molecule has 0 bridgehead atoms.